The van der Waals surface area contributed by atoms with E-state index in [0.29, 0.717) is 17.1 Å². The molecule has 150 valence electrons. The van der Waals surface area contributed by atoms with Crippen molar-refractivity contribution in [2.45, 2.75) is 0 Å². The van der Waals surface area contributed by atoms with Crippen molar-refractivity contribution in [2.24, 2.45) is 0 Å². The van der Waals surface area contributed by atoms with Gasteiger partial charge in [0.15, 0.2) is 0 Å². The van der Waals surface area contributed by atoms with E-state index in [1.165, 1.54) is 54.6 Å². The number of hydrogen-bond acceptors (Lipinski definition) is 6. The quantitative estimate of drug-likeness (QED) is 0.390. The van der Waals surface area contributed by atoms with Gasteiger partial charge < -0.3 is 16.0 Å². The molecule has 3 aromatic carbocycles. The van der Waals surface area contributed by atoms with Crippen LogP contribution in [0.3, 0.4) is 0 Å². The van der Waals surface area contributed by atoms with Crippen LogP contribution in [0.2, 0.25) is 0 Å². The van der Waals surface area contributed by atoms with E-state index in [1.807, 2.05) is 0 Å². The molecule has 0 fully saturated rings. The maximum atomic E-state index is 13.5. The molecule has 1 heterocycles. The van der Waals surface area contributed by atoms with E-state index in [0.717, 1.165) is 0 Å². The molecule has 3 N–H and O–H groups in total. The lowest BCUT2D eigenvalue weighted by Crippen LogP contribution is -2.07. The third kappa shape index (κ3) is 5.02. The molecule has 0 saturated carbocycles. The highest BCUT2D eigenvalue weighted by Crippen LogP contribution is 2.22. The van der Waals surface area contributed by atoms with Crippen molar-refractivity contribution in [3.8, 4) is 0 Å². The molecule has 0 amide bonds. The first-order chi connectivity index (χ1) is 14.5. The Hall–Kier alpha value is -4.14. The van der Waals surface area contributed by atoms with Crippen molar-refractivity contribution in [2.75, 3.05) is 16.0 Å². The Morgan fingerprint density at radius 1 is 0.467 bits per heavy atom. The molecule has 30 heavy (non-hydrogen) atoms. The Bertz CT molecular complexity index is 1030. The summed E-state index contributed by atoms with van der Waals surface area (Å²) in [5.74, 6) is -0.962. The first-order valence-electron chi connectivity index (χ1n) is 8.87. The Morgan fingerprint density at radius 3 is 1.03 bits per heavy atom. The predicted molar refractivity (Wildman–Crippen MR) is 109 cm³/mol. The lowest BCUT2D eigenvalue weighted by atomic mass is 10.3. The maximum Gasteiger partial charge on any atom is 0.233 e. The minimum Gasteiger partial charge on any atom is -0.324 e. The second-order valence-corrected chi connectivity index (χ2v) is 6.21. The van der Waals surface area contributed by atoms with Crippen LogP contribution in [0.4, 0.5) is 48.1 Å². The Labute approximate surface area is 169 Å². The van der Waals surface area contributed by atoms with Gasteiger partial charge >= 0.3 is 0 Å². The van der Waals surface area contributed by atoms with Gasteiger partial charge in [0.05, 0.1) is 0 Å². The summed E-state index contributed by atoms with van der Waals surface area (Å²) in [7, 11) is 0. The van der Waals surface area contributed by atoms with Crippen molar-refractivity contribution in [3.63, 3.8) is 0 Å². The van der Waals surface area contributed by atoms with Crippen molar-refractivity contribution < 1.29 is 13.2 Å². The van der Waals surface area contributed by atoms with E-state index < -0.39 is 17.5 Å². The minimum atomic E-state index is -0.426. The highest BCUT2D eigenvalue weighted by Gasteiger charge is 2.09. The van der Waals surface area contributed by atoms with Gasteiger partial charge in [-0.05, 0) is 54.6 Å². The average Bonchev–Trinajstić information content (AvgIpc) is 2.68. The molecule has 4 rings (SSSR count). The van der Waals surface area contributed by atoms with Crippen molar-refractivity contribution in [1.82, 2.24) is 15.0 Å². The van der Waals surface area contributed by atoms with Crippen LogP contribution in [0.1, 0.15) is 0 Å². The van der Waals surface area contributed by atoms with Crippen LogP contribution < -0.4 is 16.0 Å². The number of nitrogens with one attached hydrogen (secondary N) is 3. The highest BCUT2D eigenvalue weighted by molar-refractivity contribution is 5.61. The molecule has 0 aliphatic carbocycles. The van der Waals surface area contributed by atoms with Crippen LogP contribution in [0.25, 0.3) is 0 Å². The van der Waals surface area contributed by atoms with Crippen molar-refractivity contribution in [3.05, 3.63) is 90.2 Å². The summed E-state index contributed by atoms with van der Waals surface area (Å²) in [6.07, 6.45) is 0. The largest absolute Gasteiger partial charge is 0.324 e. The molecule has 9 heteroatoms. The number of benzene rings is 3. The summed E-state index contributed by atoms with van der Waals surface area (Å²) in [4.78, 5) is 12.7. The molecule has 0 aliphatic rings. The molecule has 0 bridgehead atoms. The second-order valence-electron chi connectivity index (χ2n) is 6.21. The molecule has 0 spiro atoms. The summed E-state index contributed by atoms with van der Waals surface area (Å²) in [5, 5.41) is 8.67. The van der Waals surface area contributed by atoms with Gasteiger partial charge in [-0.25, -0.2) is 13.2 Å². The fraction of sp³-hybridized carbons (Fsp3) is 0. The molecule has 0 aliphatic heterocycles. The average molecular weight is 408 g/mol. The first-order valence-corrected chi connectivity index (χ1v) is 8.87. The molecule has 0 radical (unpaired) electrons. The summed E-state index contributed by atoms with van der Waals surface area (Å²) >= 11 is 0. The molecular formula is C21H15F3N6. The lowest BCUT2D eigenvalue weighted by Gasteiger charge is -2.11. The summed E-state index contributed by atoms with van der Waals surface area (Å²) < 4.78 is 40.5. The van der Waals surface area contributed by atoms with Crippen LogP contribution in [-0.4, -0.2) is 15.0 Å². The van der Waals surface area contributed by atoms with Gasteiger partial charge in [0.2, 0.25) is 17.8 Å². The van der Waals surface area contributed by atoms with Gasteiger partial charge in [-0.2, -0.15) is 15.0 Å². The maximum absolute atomic E-state index is 13.5. The molecule has 0 saturated heterocycles. The predicted octanol–water partition coefficient (Wildman–Crippen LogP) is 5.52. The van der Waals surface area contributed by atoms with Gasteiger partial charge in [-0.3, -0.25) is 0 Å². The van der Waals surface area contributed by atoms with Gasteiger partial charge in [0.25, 0.3) is 0 Å². The van der Waals surface area contributed by atoms with Gasteiger partial charge in [0, 0.05) is 17.1 Å². The number of hydrogen-bond donors (Lipinski definition) is 3. The fourth-order valence-corrected chi connectivity index (χ4v) is 2.63. The second kappa shape index (κ2) is 8.48. The molecule has 1 aromatic heterocycles. The van der Waals surface area contributed by atoms with Crippen molar-refractivity contribution >= 4 is 34.9 Å². The van der Waals surface area contributed by atoms with Crippen LogP contribution >= 0.6 is 0 Å². The number of halogens is 3. The van der Waals surface area contributed by atoms with E-state index in [4.69, 9.17) is 0 Å². The van der Waals surface area contributed by atoms with E-state index in [1.54, 1.807) is 18.2 Å². The summed E-state index contributed by atoms with van der Waals surface area (Å²) in [5.41, 5.74) is 1.28. The Kier molecular flexibility index (Phi) is 5.42. The van der Waals surface area contributed by atoms with E-state index in [-0.39, 0.29) is 17.8 Å². The third-order valence-electron chi connectivity index (χ3n) is 3.88. The SMILES string of the molecule is Fc1cccc(Nc2nc(Nc3cccc(F)c3)nc(Nc3cccc(F)c3)n2)c1. The topological polar surface area (TPSA) is 74.8 Å². The fourth-order valence-electron chi connectivity index (χ4n) is 2.63. The number of nitrogens with zero attached hydrogens (tertiary/aromatic N) is 3. The summed E-state index contributed by atoms with van der Waals surface area (Å²) in [6.45, 7) is 0. The molecule has 6 nitrogen and oxygen atoms in total. The summed E-state index contributed by atoms with van der Waals surface area (Å²) in [6, 6.07) is 17.3. The molecule has 0 atom stereocenters. The Morgan fingerprint density at radius 2 is 0.767 bits per heavy atom. The van der Waals surface area contributed by atoms with E-state index >= 15 is 0 Å². The molecule has 4 aromatic rings. The van der Waals surface area contributed by atoms with Gasteiger partial charge in [-0.1, -0.05) is 18.2 Å². The van der Waals surface area contributed by atoms with Crippen LogP contribution in [-0.2, 0) is 0 Å². The number of rotatable bonds is 6. The smallest absolute Gasteiger partial charge is 0.233 e. The van der Waals surface area contributed by atoms with E-state index in [9.17, 15) is 13.2 Å². The van der Waals surface area contributed by atoms with Gasteiger partial charge in [-0.15, -0.1) is 0 Å². The number of anilines is 6. The van der Waals surface area contributed by atoms with Gasteiger partial charge in [0.1, 0.15) is 17.5 Å². The van der Waals surface area contributed by atoms with Crippen LogP contribution in [0, 0.1) is 17.5 Å². The standard InChI is InChI=1S/C21H15F3N6/c22-13-4-1-7-16(10-13)25-19-28-20(26-17-8-2-5-14(23)11-17)30-21(29-19)27-18-9-3-6-15(24)12-18/h1-12H,(H3,25,26,27,28,29,30). The van der Waals surface area contributed by atoms with E-state index in [2.05, 4.69) is 30.9 Å². The van der Waals surface area contributed by atoms with Crippen molar-refractivity contribution in [1.29, 1.82) is 0 Å². The molecular weight excluding hydrogens is 393 g/mol. The zero-order chi connectivity index (χ0) is 20.9. The number of aromatic nitrogens is 3. The minimum absolute atomic E-state index is 0.105. The lowest BCUT2D eigenvalue weighted by molar-refractivity contribution is 0.628. The zero-order valence-electron chi connectivity index (χ0n) is 15.4. The first kappa shape index (κ1) is 19.2. The normalized spacial score (nSPS) is 10.5. The molecule has 0 unspecified atom stereocenters. The monoisotopic (exact) mass is 408 g/mol. The third-order valence-corrected chi connectivity index (χ3v) is 3.88. The zero-order valence-corrected chi connectivity index (χ0v) is 15.4. The van der Waals surface area contributed by atoms with Crippen LogP contribution in [0.15, 0.2) is 72.8 Å². The highest BCUT2D eigenvalue weighted by atomic mass is 19.1. The van der Waals surface area contributed by atoms with Crippen LogP contribution in [0.5, 0.6) is 0 Å². The Balaban J connectivity index is 1.67.